The molecule has 1 heterocycles. The van der Waals surface area contributed by atoms with Gasteiger partial charge in [0.25, 0.3) is 5.92 Å². The van der Waals surface area contributed by atoms with E-state index < -0.39 is 5.92 Å². The van der Waals surface area contributed by atoms with Gasteiger partial charge >= 0.3 is 0 Å². The largest absolute Gasteiger partial charge is 0.395 e. The van der Waals surface area contributed by atoms with Gasteiger partial charge in [0.15, 0.2) is 0 Å². The molecule has 5 heteroatoms. The molecule has 1 aromatic carbocycles. The van der Waals surface area contributed by atoms with Crippen LogP contribution in [0.25, 0.3) is 0 Å². The molecule has 1 aliphatic heterocycles. The smallest absolute Gasteiger partial charge is 0.270 e. The summed E-state index contributed by atoms with van der Waals surface area (Å²) < 4.78 is 27.3. The Labute approximate surface area is 163 Å². The number of hydrogen-bond donors (Lipinski definition) is 1. The molecule has 1 saturated heterocycles. The van der Waals surface area contributed by atoms with Gasteiger partial charge in [-0.1, -0.05) is 18.2 Å². The van der Waals surface area contributed by atoms with Crippen molar-refractivity contribution in [1.82, 2.24) is 9.80 Å². The van der Waals surface area contributed by atoms with Crippen molar-refractivity contribution < 1.29 is 13.9 Å². The molecule has 27 heavy (non-hydrogen) atoms. The third-order valence-corrected chi connectivity index (χ3v) is 6.06. The monoisotopic (exact) mass is 382 g/mol. The maximum Gasteiger partial charge on any atom is 0.270 e. The van der Waals surface area contributed by atoms with Crippen LogP contribution in [0.15, 0.2) is 24.3 Å². The maximum absolute atomic E-state index is 13.7. The van der Waals surface area contributed by atoms with Gasteiger partial charge in [-0.2, -0.15) is 0 Å². The topological polar surface area (TPSA) is 26.7 Å². The zero-order valence-electron chi connectivity index (χ0n) is 17.6. The van der Waals surface area contributed by atoms with E-state index in [1.54, 1.807) is 12.1 Å². The molecule has 0 radical (unpaired) electrons. The molecule has 1 aromatic rings. The highest BCUT2D eigenvalue weighted by Crippen LogP contribution is 2.35. The summed E-state index contributed by atoms with van der Waals surface area (Å²) in [5.41, 5.74) is 1.09. The zero-order chi connectivity index (χ0) is 20.3. The van der Waals surface area contributed by atoms with E-state index in [1.807, 2.05) is 6.07 Å². The Hall–Kier alpha value is -1.04. The molecule has 0 unspecified atom stereocenters. The summed E-state index contributed by atoms with van der Waals surface area (Å²) in [5, 5.41) is 9.48. The second kappa shape index (κ2) is 8.54. The third-order valence-electron chi connectivity index (χ3n) is 6.06. The quantitative estimate of drug-likeness (QED) is 0.762. The minimum atomic E-state index is -2.81. The highest BCUT2D eigenvalue weighted by atomic mass is 19.3. The van der Waals surface area contributed by atoms with Crippen molar-refractivity contribution in [3.8, 4) is 0 Å². The summed E-state index contributed by atoms with van der Waals surface area (Å²) in [4.78, 5) is 4.80. The highest BCUT2D eigenvalue weighted by molar-refractivity contribution is 5.27. The number of hydrogen-bond acceptors (Lipinski definition) is 3. The Bertz CT molecular complexity index is 609. The molecule has 154 valence electrons. The summed E-state index contributed by atoms with van der Waals surface area (Å²) >= 11 is 0. The van der Waals surface area contributed by atoms with Crippen LogP contribution in [0.3, 0.4) is 0 Å². The molecule has 0 amide bonds. The van der Waals surface area contributed by atoms with Gasteiger partial charge in [0.05, 0.1) is 6.61 Å². The molecule has 1 N–H and O–H groups in total. The van der Waals surface area contributed by atoms with E-state index in [4.69, 9.17) is 0 Å². The number of piperidine rings is 1. The van der Waals surface area contributed by atoms with E-state index >= 15 is 0 Å². The molecule has 3 nitrogen and oxygen atoms in total. The third kappa shape index (κ3) is 5.72. The molecule has 2 rings (SSSR count). The van der Waals surface area contributed by atoms with Gasteiger partial charge in [-0.25, -0.2) is 8.78 Å². The molecule has 1 aliphatic rings. The number of nitrogens with zero attached hydrogens (tertiary/aromatic N) is 2. The van der Waals surface area contributed by atoms with Crippen LogP contribution in [0.4, 0.5) is 8.78 Å². The fraction of sp³-hybridized carbons (Fsp3) is 0.727. The van der Waals surface area contributed by atoms with Gasteiger partial charge in [-0.15, -0.1) is 0 Å². The Morgan fingerprint density at radius 1 is 1.22 bits per heavy atom. The molecule has 0 bridgehead atoms. The lowest BCUT2D eigenvalue weighted by Gasteiger charge is -2.52. The van der Waals surface area contributed by atoms with Crippen LogP contribution >= 0.6 is 0 Å². The van der Waals surface area contributed by atoms with Gasteiger partial charge in [-0.05, 0) is 71.7 Å². The van der Waals surface area contributed by atoms with Crippen molar-refractivity contribution in [2.24, 2.45) is 0 Å². The summed E-state index contributed by atoms with van der Waals surface area (Å²) in [6, 6.07) is 6.82. The predicted molar refractivity (Wildman–Crippen MR) is 107 cm³/mol. The van der Waals surface area contributed by atoms with Crippen LogP contribution in [0, 0.1) is 0 Å². The Kier molecular flexibility index (Phi) is 7.04. The maximum atomic E-state index is 13.7. The minimum absolute atomic E-state index is 0.0427. The average Bonchev–Trinajstić information content (AvgIpc) is 2.59. The number of aryl methyl sites for hydroxylation is 1. The van der Waals surface area contributed by atoms with Crippen LogP contribution in [0.1, 0.15) is 58.1 Å². The van der Waals surface area contributed by atoms with Crippen LogP contribution < -0.4 is 0 Å². The number of halogens is 2. The first-order chi connectivity index (χ1) is 12.5. The number of aliphatic hydroxyl groups excluding tert-OH is 1. The van der Waals surface area contributed by atoms with Gasteiger partial charge < -0.3 is 5.11 Å². The first-order valence-electron chi connectivity index (χ1n) is 10.0. The molecular formula is C22H36F2N2O. The standard InChI is InChI=1S/C22H36F2N2O/c1-20(2,3)26-13-7-11-22(17-26,25(5)14-15-27)12-10-18-8-6-9-19(16-18)21(4,23)24/h6,8-9,16,27H,7,10-15,17H2,1-5H3/t22-/m0/s1. The van der Waals surface area contributed by atoms with Gasteiger partial charge in [0.1, 0.15) is 0 Å². The lowest BCUT2D eigenvalue weighted by Crippen LogP contribution is -2.61. The first kappa shape index (κ1) is 22.3. The fourth-order valence-electron chi connectivity index (χ4n) is 4.16. The number of likely N-dealkylation sites (tertiary alicyclic amines) is 1. The highest BCUT2D eigenvalue weighted by Gasteiger charge is 2.41. The van der Waals surface area contributed by atoms with Gasteiger partial charge in [0.2, 0.25) is 0 Å². The van der Waals surface area contributed by atoms with Gasteiger partial charge in [0, 0.05) is 36.7 Å². The summed E-state index contributed by atoms with van der Waals surface area (Å²) in [7, 11) is 2.08. The molecule has 0 aromatic heterocycles. The Morgan fingerprint density at radius 2 is 1.93 bits per heavy atom. The van der Waals surface area contributed by atoms with Crippen LogP contribution in [-0.2, 0) is 12.3 Å². The van der Waals surface area contributed by atoms with E-state index in [9.17, 15) is 13.9 Å². The number of alkyl halides is 2. The molecule has 1 fully saturated rings. The Morgan fingerprint density at radius 3 is 2.52 bits per heavy atom. The summed E-state index contributed by atoms with van der Waals surface area (Å²) in [6.07, 6.45) is 3.84. The SMILES string of the molecule is CN(CCO)[C@]1(CCc2cccc(C(C)(F)F)c2)CCCN(C(C)(C)C)C1. The van der Waals surface area contributed by atoms with Crippen molar-refractivity contribution in [3.63, 3.8) is 0 Å². The van der Waals surface area contributed by atoms with Crippen molar-refractivity contribution in [2.45, 2.75) is 70.4 Å². The average molecular weight is 383 g/mol. The second-order valence-electron chi connectivity index (χ2n) is 9.15. The van der Waals surface area contributed by atoms with Crippen molar-refractivity contribution >= 4 is 0 Å². The molecule has 1 atom stereocenters. The number of benzene rings is 1. The van der Waals surface area contributed by atoms with E-state index in [0.29, 0.717) is 6.54 Å². The molecule has 0 spiro atoms. The molecule has 0 saturated carbocycles. The van der Waals surface area contributed by atoms with E-state index in [0.717, 1.165) is 51.3 Å². The fourth-order valence-corrected chi connectivity index (χ4v) is 4.16. The van der Waals surface area contributed by atoms with Crippen molar-refractivity contribution in [1.29, 1.82) is 0 Å². The van der Waals surface area contributed by atoms with E-state index in [-0.39, 0.29) is 23.2 Å². The van der Waals surface area contributed by atoms with E-state index in [1.165, 1.54) is 6.07 Å². The molecule has 0 aliphatic carbocycles. The van der Waals surface area contributed by atoms with Crippen LogP contribution in [0.2, 0.25) is 0 Å². The predicted octanol–water partition coefficient (Wildman–Crippen LogP) is 4.29. The number of aliphatic hydroxyl groups is 1. The van der Waals surface area contributed by atoms with Crippen molar-refractivity contribution in [3.05, 3.63) is 35.4 Å². The van der Waals surface area contributed by atoms with E-state index in [2.05, 4.69) is 37.6 Å². The molecular weight excluding hydrogens is 346 g/mol. The number of rotatable bonds is 7. The Balaban J connectivity index is 2.21. The second-order valence-corrected chi connectivity index (χ2v) is 9.15. The number of β-amino-alcohol motifs (C(OH)–C–C–N with tert-alkyl or cyclic N) is 1. The minimum Gasteiger partial charge on any atom is -0.395 e. The zero-order valence-corrected chi connectivity index (χ0v) is 17.6. The lowest BCUT2D eigenvalue weighted by molar-refractivity contribution is -0.0201. The lowest BCUT2D eigenvalue weighted by atomic mass is 9.80. The number of likely N-dealkylation sites (N-methyl/N-ethyl adjacent to an activating group) is 1. The summed E-state index contributed by atoms with van der Waals surface area (Å²) in [5.74, 6) is -2.81. The van der Waals surface area contributed by atoms with Crippen LogP contribution in [-0.4, -0.2) is 59.3 Å². The first-order valence-corrected chi connectivity index (χ1v) is 10.0. The van der Waals surface area contributed by atoms with Gasteiger partial charge in [-0.3, -0.25) is 9.80 Å². The summed E-state index contributed by atoms with van der Waals surface area (Å²) in [6.45, 7) is 10.4. The van der Waals surface area contributed by atoms with Crippen molar-refractivity contribution in [2.75, 3.05) is 33.3 Å². The van der Waals surface area contributed by atoms with Crippen LogP contribution in [0.5, 0.6) is 0 Å². The normalized spacial score (nSPS) is 22.4.